The molecule has 0 aromatic heterocycles. The normalized spacial score (nSPS) is 26.7. The van der Waals surface area contributed by atoms with Crippen molar-refractivity contribution in [3.05, 3.63) is 12.7 Å². The molecule has 1 aliphatic rings. The van der Waals surface area contributed by atoms with Crippen molar-refractivity contribution in [1.29, 1.82) is 0 Å². The Morgan fingerprint density at radius 1 is 1.44 bits per heavy atom. The summed E-state index contributed by atoms with van der Waals surface area (Å²) in [5.74, 6) is 0. The highest BCUT2D eigenvalue weighted by atomic mass is 28.3. The van der Waals surface area contributed by atoms with Crippen LogP contribution in [0.1, 0.15) is 6.92 Å². The van der Waals surface area contributed by atoms with Crippen LogP contribution in [0.3, 0.4) is 0 Å². The SMILES string of the molecule is C=C[C@H](OCOCC[Si](C)(C)C)[C@@H](O)[C@H]1O[C@@H]1C. The largest absolute Gasteiger partial charge is 0.387 e. The van der Waals surface area contributed by atoms with Gasteiger partial charge in [-0.1, -0.05) is 25.7 Å². The highest BCUT2D eigenvalue weighted by molar-refractivity contribution is 6.76. The van der Waals surface area contributed by atoms with E-state index in [-0.39, 0.29) is 19.0 Å². The second-order valence-corrected chi connectivity index (χ2v) is 11.6. The minimum atomic E-state index is -1.05. The van der Waals surface area contributed by atoms with Gasteiger partial charge in [-0.05, 0) is 13.0 Å². The molecule has 0 aromatic carbocycles. The van der Waals surface area contributed by atoms with Crippen LogP contribution in [-0.2, 0) is 14.2 Å². The van der Waals surface area contributed by atoms with Gasteiger partial charge in [0.25, 0.3) is 0 Å². The van der Waals surface area contributed by atoms with Gasteiger partial charge < -0.3 is 19.3 Å². The van der Waals surface area contributed by atoms with Crippen LogP contribution in [0, 0.1) is 0 Å². The minimum absolute atomic E-state index is 0.110. The van der Waals surface area contributed by atoms with Gasteiger partial charge in [0.15, 0.2) is 0 Å². The Balaban J connectivity index is 2.14. The number of aliphatic hydroxyl groups excluding tert-OH is 1. The molecule has 0 unspecified atom stereocenters. The molecule has 0 radical (unpaired) electrons. The molecule has 0 spiro atoms. The molecule has 0 aliphatic carbocycles. The van der Waals surface area contributed by atoms with Crippen molar-refractivity contribution in [1.82, 2.24) is 0 Å². The van der Waals surface area contributed by atoms with E-state index in [1.807, 2.05) is 6.92 Å². The first-order valence-corrected chi connectivity index (χ1v) is 10.2. The Labute approximate surface area is 111 Å². The molecule has 1 heterocycles. The van der Waals surface area contributed by atoms with Gasteiger partial charge in [0.2, 0.25) is 0 Å². The summed E-state index contributed by atoms with van der Waals surface area (Å²) in [6.07, 6.45) is 0.500. The third-order valence-electron chi connectivity index (χ3n) is 3.00. The lowest BCUT2D eigenvalue weighted by Crippen LogP contribution is -2.33. The molecular formula is C13H26O4Si. The molecule has 0 bridgehead atoms. The van der Waals surface area contributed by atoms with Crippen molar-refractivity contribution >= 4 is 8.07 Å². The van der Waals surface area contributed by atoms with Crippen molar-refractivity contribution in [3.8, 4) is 0 Å². The van der Waals surface area contributed by atoms with E-state index in [0.717, 1.165) is 6.04 Å². The number of epoxide rings is 1. The van der Waals surface area contributed by atoms with Crippen LogP contribution < -0.4 is 0 Å². The molecule has 18 heavy (non-hydrogen) atoms. The van der Waals surface area contributed by atoms with Crippen LogP contribution in [0.15, 0.2) is 12.7 Å². The van der Waals surface area contributed by atoms with Crippen LogP contribution in [0.4, 0.5) is 0 Å². The fourth-order valence-corrected chi connectivity index (χ4v) is 2.37. The second-order valence-electron chi connectivity index (χ2n) is 6.00. The summed E-state index contributed by atoms with van der Waals surface area (Å²) >= 11 is 0. The van der Waals surface area contributed by atoms with E-state index in [0.29, 0.717) is 6.61 Å². The van der Waals surface area contributed by atoms with E-state index >= 15 is 0 Å². The summed E-state index contributed by atoms with van der Waals surface area (Å²) in [7, 11) is -1.05. The van der Waals surface area contributed by atoms with E-state index in [2.05, 4.69) is 26.2 Å². The molecule has 1 aliphatic heterocycles. The zero-order valence-electron chi connectivity index (χ0n) is 11.9. The smallest absolute Gasteiger partial charge is 0.147 e. The lowest BCUT2D eigenvalue weighted by molar-refractivity contribution is -0.108. The monoisotopic (exact) mass is 274 g/mol. The third-order valence-corrected chi connectivity index (χ3v) is 4.71. The lowest BCUT2D eigenvalue weighted by Gasteiger charge is -2.20. The third kappa shape index (κ3) is 5.62. The molecule has 1 saturated heterocycles. The predicted octanol–water partition coefficient (Wildman–Crippen LogP) is 2.02. The maximum absolute atomic E-state index is 9.93. The number of aliphatic hydroxyl groups is 1. The van der Waals surface area contributed by atoms with E-state index in [1.54, 1.807) is 6.08 Å². The fourth-order valence-electron chi connectivity index (χ4n) is 1.62. The highest BCUT2D eigenvalue weighted by Crippen LogP contribution is 2.27. The standard InChI is InChI=1S/C13H26O4Si/c1-6-11(12(14)13-10(2)17-13)16-9-15-7-8-18(3,4)5/h6,10-14H,1,7-9H2,2-5H3/t10-,11+,12-,13+/m1/s1. The molecule has 4 atom stereocenters. The molecule has 106 valence electrons. The molecule has 1 N–H and O–H groups in total. The maximum atomic E-state index is 9.93. The number of rotatable bonds is 9. The number of ether oxygens (including phenoxy) is 3. The first kappa shape index (κ1) is 15.9. The predicted molar refractivity (Wildman–Crippen MR) is 74.4 cm³/mol. The van der Waals surface area contributed by atoms with E-state index < -0.39 is 20.3 Å². The molecule has 1 rings (SSSR count). The van der Waals surface area contributed by atoms with Crippen molar-refractivity contribution in [2.24, 2.45) is 0 Å². The second kappa shape index (κ2) is 6.82. The first-order valence-electron chi connectivity index (χ1n) is 6.50. The van der Waals surface area contributed by atoms with Crippen molar-refractivity contribution < 1.29 is 19.3 Å². The molecule has 5 heteroatoms. The zero-order valence-corrected chi connectivity index (χ0v) is 12.9. The topological polar surface area (TPSA) is 51.2 Å². The number of hydrogen-bond donors (Lipinski definition) is 1. The van der Waals surface area contributed by atoms with Gasteiger partial charge in [0.05, 0.1) is 6.10 Å². The van der Waals surface area contributed by atoms with Crippen LogP contribution in [-0.4, -0.2) is 51.0 Å². The van der Waals surface area contributed by atoms with E-state index in [9.17, 15) is 5.11 Å². The Hall–Kier alpha value is -0.203. The van der Waals surface area contributed by atoms with E-state index in [4.69, 9.17) is 14.2 Å². The van der Waals surface area contributed by atoms with Crippen molar-refractivity contribution in [2.45, 2.75) is 57.0 Å². The van der Waals surface area contributed by atoms with Crippen LogP contribution in [0.25, 0.3) is 0 Å². The van der Waals surface area contributed by atoms with Crippen LogP contribution in [0.2, 0.25) is 25.7 Å². The fraction of sp³-hybridized carbons (Fsp3) is 0.846. The van der Waals surface area contributed by atoms with Crippen molar-refractivity contribution in [2.75, 3.05) is 13.4 Å². The van der Waals surface area contributed by atoms with Gasteiger partial charge in [-0.15, -0.1) is 6.58 Å². The highest BCUT2D eigenvalue weighted by Gasteiger charge is 2.43. The Morgan fingerprint density at radius 2 is 2.06 bits per heavy atom. The van der Waals surface area contributed by atoms with Gasteiger partial charge in [0, 0.05) is 14.7 Å². The number of hydrogen-bond acceptors (Lipinski definition) is 4. The molecule has 4 nitrogen and oxygen atoms in total. The van der Waals surface area contributed by atoms with Crippen molar-refractivity contribution in [3.63, 3.8) is 0 Å². The van der Waals surface area contributed by atoms with Crippen LogP contribution in [0.5, 0.6) is 0 Å². The average Bonchev–Trinajstić information content (AvgIpc) is 2.98. The zero-order chi connectivity index (χ0) is 13.8. The quantitative estimate of drug-likeness (QED) is 0.230. The summed E-state index contributed by atoms with van der Waals surface area (Å²) in [6.45, 7) is 13.4. The molecule has 1 fully saturated rings. The van der Waals surface area contributed by atoms with Crippen LogP contribution >= 0.6 is 0 Å². The lowest BCUT2D eigenvalue weighted by atomic mass is 10.1. The Kier molecular flexibility index (Phi) is 6.00. The van der Waals surface area contributed by atoms with E-state index in [1.165, 1.54) is 0 Å². The first-order chi connectivity index (χ1) is 8.35. The van der Waals surface area contributed by atoms with Gasteiger partial charge in [-0.3, -0.25) is 0 Å². The minimum Gasteiger partial charge on any atom is -0.387 e. The Morgan fingerprint density at radius 3 is 2.50 bits per heavy atom. The Bertz CT molecular complexity index is 264. The summed E-state index contributed by atoms with van der Waals surface area (Å²) in [5.41, 5.74) is 0. The summed E-state index contributed by atoms with van der Waals surface area (Å²) < 4.78 is 16.1. The molecule has 0 saturated carbocycles. The maximum Gasteiger partial charge on any atom is 0.147 e. The van der Waals surface area contributed by atoms with Gasteiger partial charge in [0.1, 0.15) is 25.1 Å². The van der Waals surface area contributed by atoms with Gasteiger partial charge in [-0.2, -0.15) is 0 Å². The molecule has 0 amide bonds. The summed E-state index contributed by atoms with van der Waals surface area (Å²) in [4.78, 5) is 0. The summed E-state index contributed by atoms with van der Waals surface area (Å²) in [6, 6.07) is 1.11. The molecular weight excluding hydrogens is 248 g/mol. The average molecular weight is 274 g/mol. The van der Waals surface area contributed by atoms with Gasteiger partial charge in [-0.25, -0.2) is 0 Å². The molecule has 0 aromatic rings. The summed E-state index contributed by atoms with van der Waals surface area (Å²) in [5, 5.41) is 9.93. The van der Waals surface area contributed by atoms with Gasteiger partial charge >= 0.3 is 0 Å².